The lowest BCUT2D eigenvalue weighted by Gasteiger charge is -2.70. The molecule has 9 nitrogen and oxygen atoms in total. The Morgan fingerprint density at radius 3 is 2.41 bits per heavy atom. The number of aliphatic hydroxyl groups excluding tert-OH is 4. The molecule has 4 unspecified atom stereocenters. The van der Waals surface area contributed by atoms with Crippen molar-refractivity contribution in [1.82, 2.24) is 0 Å². The Bertz CT molecular complexity index is 855. The maximum absolute atomic E-state index is 12.5. The van der Waals surface area contributed by atoms with Gasteiger partial charge in [-0.15, -0.1) is 0 Å². The van der Waals surface area contributed by atoms with Crippen LogP contribution in [0.4, 0.5) is 0 Å². The number of allylic oxidation sites excluding steroid dienone is 1. The number of rotatable bonds is 0. The smallest absolute Gasteiger partial charge is 0.338 e. The minimum atomic E-state index is -2.27. The zero-order valence-corrected chi connectivity index (χ0v) is 16.4. The van der Waals surface area contributed by atoms with E-state index in [1.807, 2.05) is 0 Å². The molecule has 2 aliphatic heterocycles. The van der Waals surface area contributed by atoms with Gasteiger partial charge < -0.3 is 35.0 Å². The standard InChI is InChI=1S/C20H26O9/c1-7-4-9(21)13(23)17(2)8(7)5-10-19-6-28-18(3,14(24)11(22)12(17)19)20(19,27)15(25)16(26)29-10/h4,8,10-15,22-25,27H,5-6H2,1-3H3/t8-,10+,11?,12+,13?,14?,15?,17+,18-,19-,20-/m1/s1. The predicted octanol–water partition coefficient (Wildman–Crippen LogP) is -1.95. The molecule has 0 aromatic carbocycles. The van der Waals surface area contributed by atoms with Crippen molar-refractivity contribution >= 4 is 11.8 Å². The Morgan fingerprint density at radius 1 is 1.10 bits per heavy atom. The van der Waals surface area contributed by atoms with E-state index >= 15 is 0 Å². The zero-order valence-electron chi connectivity index (χ0n) is 16.4. The van der Waals surface area contributed by atoms with E-state index in [1.54, 1.807) is 13.8 Å². The van der Waals surface area contributed by atoms with E-state index in [-0.39, 0.29) is 13.0 Å². The molecule has 0 aromatic heterocycles. The number of carbonyl (C=O) groups is 2. The van der Waals surface area contributed by atoms with E-state index in [9.17, 15) is 35.1 Å². The third-order valence-corrected chi connectivity index (χ3v) is 8.96. The summed E-state index contributed by atoms with van der Waals surface area (Å²) in [7, 11) is 0. The highest BCUT2D eigenvalue weighted by Gasteiger charge is 2.88. The number of hydrogen-bond donors (Lipinski definition) is 5. The first-order valence-corrected chi connectivity index (χ1v) is 9.90. The molecule has 4 fully saturated rings. The minimum absolute atomic E-state index is 0.183. The van der Waals surface area contributed by atoms with E-state index in [0.717, 1.165) is 0 Å². The SMILES string of the molecule is CC1=CC(=O)C(O)[C@@]2(C)[C@@H]1C[C@@H]1OC(=O)C(O)[C@]3(O)[C@]14CO[C@]3(C)C(O)C(O)[C@@H]24. The van der Waals surface area contributed by atoms with Crippen molar-refractivity contribution in [2.75, 3.05) is 6.61 Å². The van der Waals surface area contributed by atoms with Crippen molar-refractivity contribution in [2.24, 2.45) is 22.7 Å². The highest BCUT2D eigenvalue weighted by atomic mass is 16.6. The van der Waals surface area contributed by atoms with Gasteiger partial charge in [-0.2, -0.15) is 0 Å². The van der Waals surface area contributed by atoms with Gasteiger partial charge in [0.1, 0.15) is 29.5 Å². The average Bonchev–Trinajstić information content (AvgIpc) is 2.85. The van der Waals surface area contributed by atoms with Crippen LogP contribution < -0.4 is 0 Å². The topological polar surface area (TPSA) is 154 Å². The van der Waals surface area contributed by atoms with Gasteiger partial charge in [-0.3, -0.25) is 4.79 Å². The maximum Gasteiger partial charge on any atom is 0.338 e. The number of esters is 1. The minimum Gasteiger partial charge on any atom is -0.460 e. The Kier molecular flexibility index (Phi) is 3.56. The van der Waals surface area contributed by atoms with E-state index in [0.29, 0.717) is 5.57 Å². The first-order valence-electron chi connectivity index (χ1n) is 9.90. The maximum atomic E-state index is 12.5. The van der Waals surface area contributed by atoms with Crippen LogP contribution in [-0.4, -0.2) is 85.6 Å². The van der Waals surface area contributed by atoms with Crippen LogP contribution in [0.25, 0.3) is 0 Å². The molecule has 2 bridgehead atoms. The van der Waals surface area contributed by atoms with Crippen LogP contribution in [0.2, 0.25) is 0 Å². The van der Waals surface area contributed by atoms with Crippen LogP contribution in [-0.2, 0) is 19.1 Å². The van der Waals surface area contributed by atoms with Crippen LogP contribution in [0.1, 0.15) is 27.2 Å². The van der Waals surface area contributed by atoms with Crippen LogP contribution in [0.5, 0.6) is 0 Å². The molecule has 2 heterocycles. The molecule has 5 aliphatic rings. The molecule has 2 saturated carbocycles. The summed E-state index contributed by atoms with van der Waals surface area (Å²) in [5.74, 6) is -3.08. The third kappa shape index (κ3) is 1.70. The first-order chi connectivity index (χ1) is 13.4. The Hall–Kier alpha value is -1.36. The van der Waals surface area contributed by atoms with Gasteiger partial charge in [-0.25, -0.2) is 4.79 Å². The quantitative estimate of drug-likeness (QED) is 0.287. The number of hydrogen-bond acceptors (Lipinski definition) is 9. The van der Waals surface area contributed by atoms with Crippen LogP contribution in [0.3, 0.4) is 0 Å². The Balaban J connectivity index is 1.83. The van der Waals surface area contributed by atoms with E-state index in [4.69, 9.17) is 9.47 Å². The molecule has 5 N–H and O–H groups in total. The predicted molar refractivity (Wildman–Crippen MR) is 94.1 cm³/mol. The van der Waals surface area contributed by atoms with Crippen molar-refractivity contribution < 1.29 is 44.6 Å². The van der Waals surface area contributed by atoms with Gasteiger partial charge in [0, 0.05) is 11.3 Å². The molecule has 160 valence electrons. The first kappa shape index (κ1) is 19.6. The van der Waals surface area contributed by atoms with Gasteiger partial charge in [-0.1, -0.05) is 12.5 Å². The second kappa shape index (κ2) is 5.27. The number of ether oxygens (including phenoxy) is 2. The molecular formula is C20H26O9. The Morgan fingerprint density at radius 2 is 1.76 bits per heavy atom. The lowest BCUT2D eigenvalue weighted by molar-refractivity contribution is -0.351. The van der Waals surface area contributed by atoms with Crippen molar-refractivity contribution in [3.63, 3.8) is 0 Å². The monoisotopic (exact) mass is 410 g/mol. The van der Waals surface area contributed by atoms with Crippen molar-refractivity contribution in [2.45, 2.75) is 68.9 Å². The second-order valence-electron chi connectivity index (χ2n) is 9.79. The molecule has 0 amide bonds. The van der Waals surface area contributed by atoms with E-state index < -0.39 is 76.1 Å². The fourth-order valence-corrected chi connectivity index (χ4v) is 7.56. The van der Waals surface area contributed by atoms with E-state index in [2.05, 4.69) is 0 Å². The highest BCUT2D eigenvalue weighted by Crippen LogP contribution is 2.73. The molecule has 11 atom stereocenters. The summed E-state index contributed by atoms with van der Waals surface area (Å²) in [5.41, 5.74) is -6.22. The summed E-state index contributed by atoms with van der Waals surface area (Å²) >= 11 is 0. The van der Waals surface area contributed by atoms with Crippen LogP contribution in [0.15, 0.2) is 11.6 Å². The second-order valence-corrected chi connectivity index (χ2v) is 9.79. The molecule has 2 saturated heterocycles. The number of fused-ring (bicyclic) bond motifs is 2. The molecular weight excluding hydrogens is 384 g/mol. The Labute approximate surface area is 166 Å². The van der Waals surface area contributed by atoms with Crippen molar-refractivity contribution in [3.8, 4) is 0 Å². The van der Waals surface area contributed by atoms with E-state index in [1.165, 1.54) is 13.0 Å². The lowest BCUT2D eigenvalue weighted by Crippen LogP contribution is -2.86. The summed E-state index contributed by atoms with van der Waals surface area (Å²) in [6.45, 7) is 4.52. The van der Waals surface area contributed by atoms with Gasteiger partial charge in [0.2, 0.25) is 0 Å². The van der Waals surface area contributed by atoms with Crippen LogP contribution >= 0.6 is 0 Å². The lowest BCUT2D eigenvalue weighted by atomic mass is 9.36. The molecule has 1 spiro atoms. The average molecular weight is 410 g/mol. The summed E-state index contributed by atoms with van der Waals surface area (Å²) < 4.78 is 11.4. The van der Waals surface area contributed by atoms with Gasteiger partial charge in [-0.05, 0) is 32.3 Å². The molecule has 3 aliphatic carbocycles. The number of carbonyl (C=O) groups excluding carboxylic acids is 2. The van der Waals surface area contributed by atoms with Gasteiger partial charge in [0.25, 0.3) is 0 Å². The fourth-order valence-electron chi connectivity index (χ4n) is 7.56. The van der Waals surface area contributed by atoms with Gasteiger partial charge in [0.15, 0.2) is 11.9 Å². The summed E-state index contributed by atoms with van der Waals surface area (Å²) in [5, 5.41) is 55.8. The van der Waals surface area contributed by atoms with Gasteiger partial charge >= 0.3 is 5.97 Å². The third-order valence-electron chi connectivity index (χ3n) is 8.96. The molecule has 29 heavy (non-hydrogen) atoms. The molecule has 0 aromatic rings. The van der Waals surface area contributed by atoms with Crippen LogP contribution in [0, 0.1) is 22.7 Å². The molecule has 0 radical (unpaired) electrons. The van der Waals surface area contributed by atoms with Gasteiger partial charge in [0.05, 0.1) is 18.1 Å². The fraction of sp³-hybridized carbons (Fsp3) is 0.800. The number of ketones is 1. The molecule has 9 heteroatoms. The largest absolute Gasteiger partial charge is 0.460 e. The summed E-state index contributed by atoms with van der Waals surface area (Å²) in [6.07, 6.45) is -6.07. The zero-order chi connectivity index (χ0) is 21.3. The van der Waals surface area contributed by atoms with Crippen molar-refractivity contribution in [1.29, 1.82) is 0 Å². The summed E-state index contributed by atoms with van der Waals surface area (Å²) in [6, 6.07) is 0. The normalized spacial score (nSPS) is 60.8. The molecule has 5 rings (SSSR count). The summed E-state index contributed by atoms with van der Waals surface area (Å²) in [4.78, 5) is 25.0. The number of aliphatic hydroxyl groups is 5. The highest BCUT2D eigenvalue weighted by molar-refractivity contribution is 5.96. The van der Waals surface area contributed by atoms with Crippen molar-refractivity contribution in [3.05, 3.63) is 11.6 Å².